The summed E-state index contributed by atoms with van der Waals surface area (Å²) in [6.07, 6.45) is 2.63. The number of aromatic nitrogens is 1. The lowest BCUT2D eigenvalue weighted by molar-refractivity contribution is -0.142. The Morgan fingerprint density at radius 3 is 2.55 bits per heavy atom. The second-order valence-corrected chi connectivity index (χ2v) is 8.23. The standard InChI is InChI=1S/C23H25N3O3/c1-16-6-5-9-18(24-16)19-10-11-20-26(19)22(28)23(29-20)12-14-25(15-13-23)21(27)17-7-3-2-4-8-17/h2-9,19-20H,10-15H2,1H3/t19-,20+/m0/s1. The van der Waals surface area contributed by atoms with Crippen LogP contribution in [-0.2, 0) is 9.53 Å². The zero-order chi connectivity index (χ0) is 20.0. The summed E-state index contributed by atoms with van der Waals surface area (Å²) in [5, 5.41) is 0. The lowest BCUT2D eigenvalue weighted by Crippen LogP contribution is -2.51. The van der Waals surface area contributed by atoms with Crippen LogP contribution in [0.25, 0.3) is 0 Å². The summed E-state index contributed by atoms with van der Waals surface area (Å²) in [4.78, 5) is 34.6. The predicted molar refractivity (Wildman–Crippen MR) is 107 cm³/mol. The third-order valence-electron chi connectivity index (χ3n) is 6.45. The van der Waals surface area contributed by atoms with Gasteiger partial charge in [-0.25, -0.2) is 0 Å². The van der Waals surface area contributed by atoms with Crippen molar-refractivity contribution in [3.05, 3.63) is 65.5 Å². The molecule has 2 atom stereocenters. The van der Waals surface area contributed by atoms with Gasteiger partial charge in [-0.15, -0.1) is 0 Å². The van der Waals surface area contributed by atoms with Crippen LogP contribution >= 0.6 is 0 Å². The van der Waals surface area contributed by atoms with Gasteiger partial charge in [-0.3, -0.25) is 14.6 Å². The summed E-state index contributed by atoms with van der Waals surface area (Å²) in [6, 6.07) is 15.3. The van der Waals surface area contributed by atoms with E-state index in [2.05, 4.69) is 4.98 Å². The fraction of sp³-hybridized carbons (Fsp3) is 0.435. The number of amides is 2. The van der Waals surface area contributed by atoms with Gasteiger partial charge in [0.15, 0.2) is 5.60 Å². The highest BCUT2D eigenvalue weighted by Crippen LogP contribution is 2.47. The predicted octanol–water partition coefficient (Wildman–Crippen LogP) is 3.08. The number of ether oxygens (including phenoxy) is 1. The molecule has 3 saturated heterocycles. The van der Waals surface area contributed by atoms with Crippen LogP contribution in [0, 0.1) is 6.92 Å². The van der Waals surface area contributed by atoms with Crippen LogP contribution in [0.4, 0.5) is 0 Å². The first-order chi connectivity index (χ1) is 14.1. The molecule has 0 unspecified atom stereocenters. The minimum atomic E-state index is -0.791. The highest BCUT2D eigenvalue weighted by molar-refractivity contribution is 5.95. The molecular weight excluding hydrogens is 366 g/mol. The van der Waals surface area contributed by atoms with Crippen LogP contribution < -0.4 is 0 Å². The number of carbonyl (C=O) groups is 2. The molecule has 1 aromatic heterocycles. The number of aryl methyl sites for hydroxylation is 1. The largest absolute Gasteiger partial charge is 0.342 e. The molecule has 6 nitrogen and oxygen atoms in total. The van der Waals surface area contributed by atoms with Crippen LogP contribution in [0.2, 0.25) is 0 Å². The van der Waals surface area contributed by atoms with Crippen molar-refractivity contribution in [3.63, 3.8) is 0 Å². The minimum Gasteiger partial charge on any atom is -0.342 e. The minimum absolute atomic E-state index is 0.0178. The smallest absolute Gasteiger partial charge is 0.257 e. The molecular formula is C23H25N3O3. The van der Waals surface area contributed by atoms with E-state index >= 15 is 0 Å². The summed E-state index contributed by atoms with van der Waals surface area (Å²) in [5.74, 6) is 0.0911. The van der Waals surface area contributed by atoms with Crippen molar-refractivity contribution in [2.75, 3.05) is 13.1 Å². The number of hydrogen-bond donors (Lipinski definition) is 0. The second kappa shape index (κ2) is 6.95. The molecule has 3 fully saturated rings. The van der Waals surface area contributed by atoms with Crippen LogP contribution in [-0.4, -0.2) is 51.5 Å². The number of pyridine rings is 1. The van der Waals surface area contributed by atoms with Crippen molar-refractivity contribution in [2.24, 2.45) is 0 Å². The van der Waals surface area contributed by atoms with Crippen molar-refractivity contribution in [2.45, 2.75) is 50.5 Å². The summed E-state index contributed by atoms with van der Waals surface area (Å²) in [7, 11) is 0. The maximum Gasteiger partial charge on any atom is 0.257 e. The van der Waals surface area contributed by atoms with Gasteiger partial charge in [0.2, 0.25) is 0 Å². The molecule has 0 radical (unpaired) electrons. The number of likely N-dealkylation sites (tertiary alicyclic amines) is 1. The fourth-order valence-electron chi connectivity index (χ4n) is 4.92. The van der Waals surface area contributed by atoms with E-state index in [-0.39, 0.29) is 24.1 Å². The highest BCUT2D eigenvalue weighted by atomic mass is 16.6. The summed E-state index contributed by atoms with van der Waals surface area (Å²) < 4.78 is 6.35. The Morgan fingerprint density at radius 2 is 1.83 bits per heavy atom. The van der Waals surface area contributed by atoms with Crippen molar-refractivity contribution in [1.82, 2.24) is 14.8 Å². The molecule has 0 bridgehead atoms. The normalized spacial score (nSPS) is 25.5. The Hall–Kier alpha value is -2.73. The van der Waals surface area contributed by atoms with E-state index in [9.17, 15) is 9.59 Å². The maximum atomic E-state index is 13.4. The van der Waals surface area contributed by atoms with Gasteiger partial charge in [0.25, 0.3) is 11.8 Å². The van der Waals surface area contributed by atoms with E-state index in [1.54, 1.807) is 0 Å². The molecule has 3 aliphatic heterocycles. The molecule has 4 heterocycles. The molecule has 29 heavy (non-hydrogen) atoms. The lowest BCUT2D eigenvalue weighted by Gasteiger charge is -2.37. The van der Waals surface area contributed by atoms with Crippen molar-refractivity contribution < 1.29 is 14.3 Å². The van der Waals surface area contributed by atoms with Gasteiger partial charge in [-0.05, 0) is 44.0 Å². The molecule has 0 N–H and O–H groups in total. The van der Waals surface area contributed by atoms with E-state index in [1.807, 2.05) is 65.3 Å². The average molecular weight is 391 g/mol. The molecule has 3 aliphatic rings. The first kappa shape index (κ1) is 18.3. The Bertz CT molecular complexity index is 937. The van der Waals surface area contributed by atoms with Gasteiger partial charge >= 0.3 is 0 Å². The number of carbonyl (C=O) groups excluding carboxylic acids is 2. The van der Waals surface area contributed by atoms with Gasteiger partial charge in [-0.2, -0.15) is 0 Å². The molecule has 5 rings (SSSR count). The van der Waals surface area contributed by atoms with Crippen LogP contribution in [0.15, 0.2) is 48.5 Å². The maximum absolute atomic E-state index is 13.4. The van der Waals surface area contributed by atoms with Gasteiger partial charge < -0.3 is 14.5 Å². The SMILES string of the molecule is Cc1cccc([C@@H]2CC[C@H]3OC4(CCN(C(=O)c5ccccc5)CC4)C(=O)N32)n1. The molecule has 0 aliphatic carbocycles. The Balaban J connectivity index is 1.31. The van der Waals surface area contributed by atoms with E-state index in [0.717, 1.165) is 24.2 Å². The number of rotatable bonds is 2. The number of fused-ring (bicyclic) bond motifs is 1. The van der Waals surface area contributed by atoms with Crippen molar-refractivity contribution >= 4 is 11.8 Å². The van der Waals surface area contributed by atoms with Crippen molar-refractivity contribution in [1.29, 1.82) is 0 Å². The first-order valence-corrected chi connectivity index (χ1v) is 10.4. The van der Waals surface area contributed by atoms with Gasteiger partial charge in [-0.1, -0.05) is 24.3 Å². The highest BCUT2D eigenvalue weighted by Gasteiger charge is 2.58. The quantitative estimate of drug-likeness (QED) is 0.789. The topological polar surface area (TPSA) is 62.7 Å². The number of benzene rings is 1. The molecule has 0 saturated carbocycles. The van der Waals surface area contributed by atoms with E-state index < -0.39 is 5.60 Å². The van der Waals surface area contributed by atoms with E-state index in [1.165, 1.54) is 0 Å². The number of nitrogens with zero attached hydrogens (tertiary/aromatic N) is 3. The molecule has 150 valence electrons. The van der Waals surface area contributed by atoms with Gasteiger partial charge in [0, 0.05) is 37.2 Å². The summed E-state index contributed by atoms with van der Waals surface area (Å²) in [6.45, 7) is 3.04. The van der Waals surface area contributed by atoms with E-state index in [4.69, 9.17) is 4.74 Å². The molecule has 6 heteroatoms. The third kappa shape index (κ3) is 3.02. The molecule has 1 aromatic carbocycles. The Kier molecular flexibility index (Phi) is 4.39. The van der Waals surface area contributed by atoms with Crippen molar-refractivity contribution in [3.8, 4) is 0 Å². The molecule has 1 spiro atoms. The molecule has 2 amide bonds. The lowest BCUT2D eigenvalue weighted by atomic mass is 9.89. The van der Waals surface area contributed by atoms with Crippen LogP contribution in [0.3, 0.4) is 0 Å². The second-order valence-electron chi connectivity index (χ2n) is 8.23. The summed E-state index contributed by atoms with van der Waals surface area (Å²) in [5.41, 5.74) is 1.80. The van der Waals surface area contributed by atoms with E-state index in [0.29, 0.717) is 31.5 Å². The fourth-order valence-corrected chi connectivity index (χ4v) is 4.92. The third-order valence-corrected chi connectivity index (χ3v) is 6.45. The van der Waals surface area contributed by atoms with Crippen LogP contribution in [0.5, 0.6) is 0 Å². The first-order valence-electron chi connectivity index (χ1n) is 10.4. The van der Waals surface area contributed by atoms with Gasteiger partial charge in [0.1, 0.15) is 6.23 Å². The Labute approximate surface area is 170 Å². The zero-order valence-electron chi connectivity index (χ0n) is 16.6. The number of hydrogen-bond acceptors (Lipinski definition) is 4. The zero-order valence-corrected chi connectivity index (χ0v) is 16.6. The Morgan fingerprint density at radius 1 is 1.07 bits per heavy atom. The van der Waals surface area contributed by atoms with Crippen LogP contribution in [0.1, 0.15) is 53.5 Å². The number of piperidine rings is 1. The average Bonchev–Trinajstić information content (AvgIpc) is 3.27. The monoisotopic (exact) mass is 391 g/mol. The van der Waals surface area contributed by atoms with Gasteiger partial charge in [0.05, 0.1) is 11.7 Å². The molecule has 2 aromatic rings. The summed E-state index contributed by atoms with van der Waals surface area (Å²) >= 11 is 0.